The Morgan fingerprint density at radius 3 is 2.89 bits per heavy atom. The van der Waals surface area contributed by atoms with Crippen LogP contribution in [0.5, 0.6) is 0 Å². The molecule has 0 atom stereocenters. The van der Waals surface area contributed by atoms with Crippen LogP contribution in [0.2, 0.25) is 0 Å². The van der Waals surface area contributed by atoms with E-state index in [1.807, 2.05) is 30.3 Å². The van der Waals surface area contributed by atoms with Crippen LogP contribution in [0.4, 0.5) is 0 Å². The van der Waals surface area contributed by atoms with Gasteiger partial charge in [0.2, 0.25) is 11.1 Å². The minimum atomic E-state index is 0.0542. The summed E-state index contributed by atoms with van der Waals surface area (Å²) in [6.07, 6.45) is 2.21. The van der Waals surface area contributed by atoms with Crippen molar-refractivity contribution in [3.05, 3.63) is 30.3 Å². The third kappa shape index (κ3) is 3.35. The van der Waals surface area contributed by atoms with Gasteiger partial charge in [-0.1, -0.05) is 42.1 Å². The summed E-state index contributed by atoms with van der Waals surface area (Å²) in [6, 6.07) is 10.2. The van der Waals surface area contributed by atoms with E-state index >= 15 is 0 Å². The first-order valence-corrected chi connectivity index (χ1v) is 7.20. The fourth-order valence-electron chi connectivity index (χ4n) is 1.66. The van der Waals surface area contributed by atoms with Crippen LogP contribution in [0, 0.1) is 0 Å². The molecule has 1 saturated carbocycles. The Morgan fingerprint density at radius 1 is 1.37 bits per heavy atom. The molecule has 0 unspecified atom stereocenters. The molecule has 1 heterocycles. The highest BCUT2D eigenvalue weighted by molar-refractivity contribution is 7.99. The largest absolute Gasteiger partial charge is 0.353 e. The second-order valence-electron chi connectivity index (χ2n) is 4.46. The molecule has 3 rings (SSSR count). The molecular weight excluding hydrogens is 260 g/mol. The third-order valence-electron chi connectivity index (χ3n) is 2.79. The standard InChI is InChI=1S/C13H14N4OS/c18-11(14-10-6-7-10)8-19-13-15-12(16-17-13)9-4-2-1-3-5-9/h1-5,10H,6-8H2,(H,14,18)(H,15,16,17). The van der Waals surface area contributed by atoms with Crippen LogP contribution in [-0.4, -0.2) is 32.9 Å². The molecule has 0 bridgehead atoms. The number of carbonyl (C=O) groups is 1. The van der Waals surface area contributed by atoms with Crippen molar-refractivity contribution in [2.75, 3.05) is 5.75 Å². The van der Waals surface area contributed by atoms with Gasteiger partial charge in [-0.05, 0) is 12.8 Å². The Bertz CT molecular complexity index is 565. The smallest absolute Gasteiger partial charge is 0.230 e. The van der Waals surface area contributed by atoms with Gasteiger partial charge in [0, 0.05) is 11.6 Å². The number of H-pyrrole nitrogens is 1. The predicted octanol–water partition coefficient (Wildman–Crippen LogP) is 1.84. The van der Waals surface area contributed by atoms with Crippen LogP contribution in [0.15, 0.2) is 35.5 Å². The zero-order valence-corrected chi connectivity index (χ0v) is 11.1. The fourth-order valence-corrected chi connectivity index (χ4v) is 2.27. The lowest BCUT2D eigenvalue weighted by molar-refractivity contribution is -0.118. The predicted molar refractivity (Wildman–Crippen MR) is 73.7 cm³/mol. The highest BCUT2D eigenvalue weighted by Crippen LogP contribution is 2.21. The molecule has 0 saturated heterocycles. The average Bonchev–Trinajstić information content (AvgIpc) is 3.12. The van der Waals surface area contributed by atoms with Crippen LogP contribution in [0.3, 0.4) is 0 Å². The number of rotatable bonds is 5. The highest BCUT2D eigenvalue weighted by Gasteiger charge is 2.23. The summed E-state index contributed by atoms with van der Waals surface area (Å²) < 4.78 is 0. The molecule has 0 spiro atoms. The normalized spacial score (nSPS) is 14.3. The van der Waals surface area contributed by atoms with E-state index in [1.165, 1.54) is 11.8 Å². The van der Waals surface area contributed by atoms with E-state index in [0.717, 1.165) is 24.2 Å². The first kappa shape index (κ1) is 12.2. The number of hydrogen-bond donors (Lipinski definition) is 2. The highest BCUT2D eigenvalue weighted by atomic mass is 32.2. The minimum absolute atomic E-state index is 0.0542. The van der Waals surface area contributed by atoms with Crippen molar-refractivity contribution < 1.29 is 4.79 Å². The maximum absolute atomic E-state index is 11.5. The molecule has 0 radical (unpaired) electrons. The van der Waals surface area contributed by atoms with Crippen molar-refractivity contribution in [3.63, 3.8) is 0 Å². The van der Waals surface area contributed by atoms with Crippen LogP contribution in [0.1, 0.15) is 12.8 Å². The van der Waals surface area contributed by atoms with Gasteiger partial charge >= 0.3 is 0 Å². The molecule has 19 heavy (non-hydrogen) atoms. The lowest BCUT2D eigenvalue weighted by Crippen LogP contribution is -2.27. The maximum atomic E-state index is 11.5. The zero-order chi connectivity index (χ0) is 13.1. The number of aromatic nitrogens is 3. The van der Waals surface area contributed by atoms with E-state index in [9.17, 15) is 4.79 Å². The monoisotopic (exact) mass is 274 g/mol. The fraction of sp³-hybridized carbons (Fsp3) is 0.308. The van der Waals surface area contributed by atoms with Gasteiger partial charge in [0.1, 0.15) is 0 Å². The van der Waals surface area contributed by atoms with Gasteiger partial charge in [-0.3, -0.25) is 9.89 Å². The number of hydrogen-bond acceptors (Lipinski definition) is 4. The Balaban J connectivity index is 1.57. The number of thioether (sulfide) groups is 1. The number of nitrogens with one attached hydrogen (secondary N) is 2. The zero-order valence-electron chi connectivity index (χ0n) is 10.3. The van der Waals surface area contributed by atoms with Gasteiger partial charge in [-0.2, -0.15) is 0 Å². The summed E-state index contributed by atoms with van der Waals surface area (Å²) in [7, 11) is 0. The van der Waals surface area contributed by atoms with Crippen molar-refractivity contribution in [3.8, 4) is 11.4 Å². The van der Waals surface area contributed by atoms with Gasteiger partial charge in [0.15, 0.2) is 5.82 Å². The molecule has 98 valence electrons. The van der Waals surface area contributed by atoms with E-state index in [4.69, 9.17) is 0 Å². The van der Waals surface area contributed by atoms with Crippen LogP contribution in [-0.2, 0) is 4.79 Å². The number of amides is 1. The van der Waals surface area contributed by atoms with E-state index < -0.39 is 0 Å². The van der Waals surface area contributed by atoms with Gasteiger partial charge in [-0.25, -0.2) is 4.98 Å². The van der Waals surface area contributed by atoms with Gasteiger partial charge in [0.05, 0.1) is 5.75 Å². The van der Waals surface area contributed by atoms with Crippen molar-refractivity contribution >= 4 is 17.7 Å². The van der Waals surface area contributed by atoms with E-state index in [1.54, 1.807) is 0 Å². The first-order valence-electron chi connectivity index (χ1n) is 6.21. The quantitative estimate of drug-likeness (QED) is 0.816. The molecule has 5 nitrogen and oxygen atoms in total. The molecule has 6 heteroatoms. The number of carbonyl (C=O) groups excluding carboxylic acids is 1. The van der Waals surface area contributed by atoms with E-state index in [0.29, 0.717) is 17.0 Å². The number of benzene rings is 1. The Morgan fingerprint density at radius 2 is 2.16 bits per heavy atom. The van der Waals surface area contributed by atoms with Gasteiger partial charge < -0.3 is 5.32 Å². The second kappa shape index (κ2) is 5.44. The lowest BCUT2D eigenvalue weighted by atomic mass is 10.2. The van der Waals surface area contributed by atoms with Crippen molar-refractivity contribution in [1.82, 2.24) is 20.5 Å². The topological polar surface area (TPSA) is 70.7 Å². The Labute approximate surface area is 115 Å². The van der Waals surface area contributed by atoms with Crippen molar-refractivity contribution in [1.29, 1.82) is 0 Å². The molecule has 1 aliphatic rings. The summed E-state index contributed by atoms with van der Waals surface area (Å²) >= 11 is 1.35. The Hall–Kier alpha value is -1.82. The molecule has 1 amide bonds. The summed E-state index contributed by atoms with van der Waals surface area (Å²) in [5.41, 5.74) is 0.990. The third-order valence-corrected chi connectivity index (χ3v) is 3.63. The van der Waals surface area contributed by atoms with Gasteiger partial charge in [-0.15, -0.1) is 5.10 Å². The van der Waals surface area contributed by atoms with E-state index in [2.05, 4.69) is 20.5 Å². The minimum Gasteiger partial charge on any atom is -0.353 e. The lowest BCUT2D eigenvalue weighted by Gasteiger charge is -1.99. The van der Waals surface area contributed by atoms with Crippen LogP contribution >= 0.6 is 11.8 Å². The maximum Gasteiger partial charge on any atom is 0.230 e. The number of aromatic amines is 1. The van der Waals surface area contributed by atoms with Crippen molar-refractivity contribution in [2.24, 2.45) is 0 Å². The summed E-state index contributed by atoms with van der Waals surface area (Å²) in [4.78, 5) is 15.9. The average molecular weight is 274 g/mol. The van der Waals surface area contributed by atoms with Gasteiger partial charge in [0.25, 0.3) is 0 Å². The van der Waals surface area contributed by atoms with Crippen molar-refractivity contribution in [2.45, 2.75) is 24.0 Å². The van der Waals surface area contributed by atoms with Crippen LogP contribution in [0.25, 0.3) is 11.4 Å². The molecule has 2 aromatic rings. The molecule has 1 aromatic heterocycles. The Kier molecular flexibility index (Phi) is 3.50. The first-order chi connectivity index (χ1) is 9.31. The SMILES string of the molecule is O=C(CSc1n[nH]c(-c2ccccc2)n1)NC1CC1. The summed E-state index contributed by atoms with van der Waals surface area (Å²) in [5, 5.41) is 10.5. The molecule has 0 aliphatic heterocycles. The van der Waals surface area contributed by atoms with E-state index in [-0.39, 0.29) is 5.91 Å². The second-order valence-corrected chi connectivity index (χ2v) is 5.41. The molecule has 1 aromatic carbocycles. The molecule has 2 N–H and O–H groups in total. The summed E-state index contributed by atoms with van der Waals surface area (Å²) in [6.45, 7) is 0. The molecular formula is C13H14N4OS. The molecule has 1 aliphatic carbocycles. The number of nitrogens with zero attached hydrogens (tertiary/aromatic N) is 2. The molecule has 1 fully saturated rings. The van der Waals surface area contributed by atoms with Crippen LogP contribution < -0.4 is 5.32 Å². The summed E-state index contributed by atoms with van der Waals surface area (Å²) in [5.74, 6) is 1.15.